The molecular weight excluding hydrogens is 230 g/mol. The number of hydrogen-bond donors (Lipinski definition) is 1. The molecule has 1 aromatic rings. The number of nitrogens with zero attached hydrogens (tertiary/aromatic N) is 2. The molecule has 0 saturated carbocycles. The van der Waals surface area contributed by atoms with Gasteiger partial charge in [-0.2, -0.15) is 0 Å². The van der Waals surface area contributed by atoms with Crippen LogP contribution in [0.2, 0.25) is 0 Å². The van der Waals surface area contributed by atoms with Crippen molar-refractivity contribution in [1.29, 1.82) is 0 Å². The normalized spacial score (nSPS) is 21.6. The largest absolute Gasteiger partial charge is 0.326 e. The van der Waals surface area contributed by atoms with Crippen LogP contribution in [0.1, 0.15) is 23.2 Å². The Labute approximate surface area is 101 Å². The van der Waals surface area contributed by atoms with E-state index in [-0.39, 0.29) is 12.4 Å². The maximum absolute atomic E-state index is 5.85. The quantitative estimate of drug-likeness (QED) is 0.884. The lowest BCUT2D eigenvalue weighted by atomic mass is 10.3. The number of aromatic nitrogens is 1. The lowest BCUT2D eigenvalue weighted by Gasteiger charge is -2.12. The molecule has 15 heavy (non-hydrogen) atoms. The first kappa shape index (κ1) is 12.9. The average Bonchev–Trinajstić information content (AvgIpc) is 2.76. The summed E-state index contributed by atoms with van der Waals surface area (Å²) in [7, 11) is 0. The molecule has 2 heterocycles. The summed E-state index contributed by atoms with van der Waals surface area (Å²) >= 11 is 1.83. The minimum atomic E-state index is 0. The zero-order chi connectivity index (χ0) is 9.97. The summed E-state index contributed by atoms with van der Waals surface area (Å²) in [6.45, 7) is 5.31. The van der Waals surface area contributed by atoms with E-state index in [1.54, 1.807) is 0 Å². The minimum absolute atomic E-state index is 0. The molecule has 1 fully saturated rings. The van der Waals surface area contributed by atoms with Crippen LogP contribution in [0.4, 0.5) is 0 Å². The number of likely N-dealkylation sites (tertiary alicyclic amines) is 1. The fourth-order valence-electron chi connectivity index (χ4n) is 1.78. The fourth-order valence-corrected chi connectivity index (χ4v) is 2.69. The van der Waals surface area contributed by atoms with E-state index >= 15 is 0 Å². The van der Waals surface area contributed by atoms with Crippen molar-refractivity contribution in [3.63, 3.8) is 0 Å². The SMILES string of the molecule is CCc1cnc(CN2CC[C@H](N)C2)s1.Cl. The third kappa shape index (κ3) is 3.41. The molecule has 2 rings (SSSR count). The second-order valence-electron chi connectivity index (χ2n) is 3.86. The van der Waals surface area contributed by atoms with Crippen LogP contribution >= 0.6 is 23.7 Å². The highest BCUT2D eigenvalue weighted by Gasteiger charge is 2.19. The van der Waals surface area contributed by atoms with Crippen LogP contribution in [-0.4, -0.2) is 29.0 Å². The first-order chi connectivity index (χ1) is 6.78. The van der Waals surface area contributed by atoms with Crippen molar-refractivity contribution in [2.45, 2.75) is 32.4 Å². The van der Waals surface area contributed by atoms with Gasteiger partial charge in [0.05, 0.1) is 6.54 Å². The highest BCUT2D eigenvalue weighted by Crippen LogP contribution is 2.17. The highest BCUT2D eigenvalue weighted by atomic mass is 35.5. The smallest absolute Gasteiger partial charge is 0.107 e. The molecule has 1 saturated heterocycles. The average molecular weight is 248 g/mol. The van der Waals surface area contributed by atoms with Gasteiger partial charge in [-0.1, -0.05) is 6.92 Å². The van der Waals surface area contributed by atoms with E-state index in [1.165, 1.54) is 9.88 Å². The molecule has 0 amide bonds. The van der Waals surface area contributed by atoms with Gasteiger partial charge in [-0.3, -0.25) is 4.90 Å². The molecule has 2 N–H and O–H groups in total. The van der Waals surface area contributed by atoms with Crippen molar-refractivity contribution < 1.29 is 0 Å². The summed E-state index contributed by atoms with van der Waals surface area (Å²) in [5, 5.41) is 1.23. The molecule has 1 aliphatic rings. The number of thiazole rings is 1. The number of hydrogen-bond acceptors (Lipinski definition) is 4. The van der Waals surface area contributed by atoms with Gasteiger partial charge in [0.1, 0.15) is 5.01 Å². The molecule has 3 nitrogen and oxygen atoms in total. The Kier molecular flexibility index (Phi) is 4.99. The van der Waals surface area contributed by atoms with Crippen molar-refractivity contribution in [2.75, 3.05) is 13.1 Å². The summed E-state index contributed by atoms with van der Waals surface area (Å²) in [5.41, 5.74) is 5.85. The van der Waals surface area contributed by atoms with Gasteiger partial charge in [-0.05, 0) is 12.8 Å². The topological polar surface area (TPSA) is 42.2 Å². The van der Waals surface area contributed by atoms with E-state index in [0.717, 1.165) is 32.5 Å². The molecule has 0 bridgehead atoms. The Bertz CT molecular complexity index is 303. The van der Waals surface area contributed by atoms with E-state index in [4.69, 9.17) is 5.73 Å². The van der Waals surface area contributed by atoms with Crippen molar-refractivity contribution in [2.24, 2.45) is 5.73 Å². The van der Waals surface area contributed by atoms with Crippen LogP contribution in [0.3, 0.4) is 0 Å². The molecule has 86 valence electrons. The summed E-state index contributed by atoms with van der Waals surface area (Å²) in [4.78, 5) is 8.18. The number of nitrogens with two attached hydrogens (primary N) is 1. The summed E-state index contributed by atoms with van der Waals surface area (Å²) in [5.74, 6) is 0. The number of aryl methyl sites for hydroxylation is 1. The van der Waals surface area contributed by atoms with Gasteiger partial charge in [0.25, 0.3) is 0 Å². The van der Waals surface area contributed by atoms with Gasteiger partial charge >= 0.3 is 0 Å². The predicted octanol–water partition coefficient (Wildman–Crippen LogP) is 1.66. The number of rotatable bonds is 3. The number of halogens is 1. The summed E-state index contributed by atoms with van der Waals surface area (Å²) < 4.78 is 0. The Balaban J connectivity index is 0.00000112. The van der Waals surface area contributed by atoms with Gasteiger partial charge in [0, 0.05) is 30.2 Å². The molecule has 0 spiro atoms. The molecule has 0 aromatic carbocycles. The fraction of sp³-hybridized carbons (Fsp3) is 0.700. The van der Waals surface area contributed by atoms with Crippen molar-refractivity contribution in [1.82, 2.24) is 9.88 Å². The maximum atomic E-state index is 5.85. The Morgan fingerprint density at radius 2 is 2.47 bits per heavy atom. The first-order valence-corrected chi connectivity index (χ1v) is 6.01. The van der Waals surface area contributed by atoms with Gasteiger partial charge in [-0.25, -0.2) is 4.98 Å². The molecule has 5 heteroatoms. The van der Waals surface area contributed by atoms with Crippen LogP contribution in [0.5, 0.6) is 0 Å². The molecule has 0 unspecified atom stereocenters. The third-order valence-corrected chi connectivity index (χ3v) is 3.74. The molecule has 1 aromatic heterocycles. The second-order valence-corrected chi connectivity index (χ2v) is 5.06. The van der Waals surface area contributed by atoms with Crippen LogP contribution in [0.25, 0.3) is 0 Å². The highest BCUT2D eigenvalue weighted by molar-refractivity contribution is 7.11. The lowest BCUT2D eigenvalue weighted by Crippen LogP contribution is -2.26. The van der Waals surface area contributed by atoms with E-state index in [2.05, 4.69) is 16.8 Å². The van der Waals surface area contributed by atoms with Crippen LogP contribution in [0, 0.1) is 0 Å². The molecular formula is C10H18ClN3S. The van der Waals surface area contributed by atoms with Gasteiger partial charge in [0.15, 0.2) is 0 Å². The van der Waals surface area contributed by atoms with E-state index in [9.17, 15) is 0 Å². The first-order valence-electron chi connectivity index (χ1n) is 5.19. The van der Waals surface area contributed by atoms with Gasteiger partial charge in [-0.15, -0.1) is 23.7 Å². The Hall–Kier alpha value is -0.160. The van der Waals surface area contributed by atoms with Crippen LogP contribution < -0.4 is 5.73 Å². The van der Waals surface area contributed by atoms with Crippen LogP contribution in [0.15, 0.2) is 6.20 Å². The van der Waals surface area contributed by atoms with Crippen molar-refractivity contribution in [3.05, 3.63) is 16.1 Å². The molecule has 0 radical (unpaired) electrons. The van der Waals surface area contributed by atoms with Crippen molar-refractivity contribution >= 4 is 23.7 Å². The zero-order valence-electron chi connectivity index (χ0n) is 8.98. The molecule has 1 aliphatic heterocycles. The van der Waals surface area contributed by atoms with E-state index in [0.29, 0.717) is 6.04 Å². The van der Waals surface area contributed by atoms with E-state index < -0.39 is 0 Å². The van der Waals surface area contributed by atoms with Gasteiger partial charge < -0.3 is 5.73 Å². The monoisotopic (exact) mass is 247 g/mol. The second kappa shape index (κ2) is 5.80. The molecule has 1 atom stereocenters. The standard InChI is InChI=1S/C10H17N3S.ClH/c1-2-9-5-12-10(14-9)7-13-4-3-8(11)6-13;/h5,8H,2-4,6-7,11H2,1H3;1H/t8-;/m0./s1. The maximum Gasteiger partial charge on any atom is 0.107 e. The Morgan fingerprint density at radius 1 is 1.67 bits per heavy atom. The predicted molar refractivity (Wildman–Crippen MR) is 66.6 cm³/mol. The van der Waals surface area contributed by atoms with E-state index in [1.807, 2.05) is 17.5 Å². The van der Waals surface area contributed by atoms with Gasteiger partial charge in [0.2, 0.25) is 0 Å². The third-order valence-electron chi connectivity index (χ3n) is 2.62. The van der Waals surface area contributed by atoms with Crippen LogP contribution in [-0.2, 0) is 13.0 Å². The minimum Gasteiger partial charge on any atom is -0.326 e. The molecule has 0 aliphatic carbocycles. The lowest BCUT2D eigenvalue weighted by molar-refractivity contribution is 0.326. The van der Waals surface area contributed by atoms with Crippen molar-refractivity contribution in [3.8, 4) is 0 Å². The zero-order valence-corrected chi connectivity index (χ0v) is 10.6. The summed E-state index contributed by atoms with van der Waals surface area (Å²) in [6, 6.07) is 0.376. The summed E-state index contributed by atoms with van der Waals surface area (Å²) in [6.07, 6.45) is 4.22. The Morgan fingerprint density at radius 3 is 3.00 bits per heavy atom.